The molecule has 0 atom stereocenters. The SMILES string of the molecule is Nc1ccc(Cc2ccccc2N=O)cc1. The fourth-order valence-electron chi connectivity index (χ4n) is 1.60. The number of nitrogen functional groups attached to an aromatic ring is 1. The number of anilines is 1. The minimum absolute atomic E-state index is 0.499. The van der Waals surface area contributed by atoms with Gasteiger partial charge in [0.25, 0.3) is 0 Å². The summed E-state index contributed by atoms with van der Waals surface area (Å²) in [5.74, 6) is 0. The molecule has 0 bridgehead atoms. The van der Waals surface area contributed by atoms with Gasteiger partial charge in [-0.05, 0) is 40.9 Å². The Labute approximate surface area is 93.9 Å². The van der Waals surface area contributed by atoms with Gasteiger partial charge in [0.15, 0.2) is 0 Å². The lowest BCUT2D eigenvalue weighted by Gasteiger charge is -2.04. The van der Waals surface area contributed by atoms with Crippen LogP contribution in [0.25, 0.3) is 0 Å². The van der Waals surface area contributed by atoms with Gasteiger partial charge in [0, 0.05) is 5.69 Å². The van der Waals surface area contributed by atoms with E-state index in [0.717, 1.165) is 16.8 Å². The molecular weight excluding hydrogens is 200 g/mol. The van der Waals surface area contributed by atoms with Gasteiger partial charge in [-0.2, -0.15) is 0 Å². The van der Waals surface area contributed by atoms with Gasteiger partial charge in [0.05, 0.1) is 0 Å². The third-order valence-corrected chi connectivity index (χ3v) is 2.46. The van der Waals surface area contributed by atoms with Gasteiger partial charge in [0.2, 0.25) is 0 Å². The Kier molecular flexibility index (Phi) is 2.96. The number of hydrogen-bond acceptors (Lipinski definition) is 3. The second-order valence-electron chi connectivity index (χ2n) is 3.64. The maximum atomic E-state index is 10.6. The summed E-state index contributed by atoms with van der Waals surface area (Å²) >= 11 is 0. The van der Waals surface area contributed by atoms with Crippen LogP contribution in [0.15, 0.2) is 53.7 Å². The van der Waals surface area contributed by atoms with Crippen LogP contribution in [0.1, 0.15) is 11.1 Å². The molecule has 3 nitrogen and oxygen atoms in total. The molecule has 0 amide bonds. The van der Waals surface area contributed by atoms with Gasteiger partial charge in [-0.3, -0.25) is 0 Å². The summed E-state index contributed by atoms with van der Waals surface area (Å²) in [6, 6.07) is 15.0. The van der Waals surface area contributed by atoms with Crippen LogP contribution < -0.4 is 5.73 Å². The first kappa shape index (κ1) is 10.4. The predicted octanol–water partition coefficient (Wildman–Crippen LogP) is 3.26. The van der Waals surface area contributed by atoms with Crippen LogP contribution in [-0.2, 0) is 6.42 Å². The molecule has 0 aliphatic carbocycles. The molecule has 2 N–H and O–H groups in total. The van der Waals surface area contributed by atoms with E-state index in [1.165, 1.54) is 0 Å². The van der Waals surface area contributed by atoms with Crippen molar-refractivity contribution in [2.24, 2.45) is 5.18 Å². The van der Waals surface area contributed by atoms with E-state index in [-0.39, 0.29) is 0 Å². The third-order valence-electron chi connectivity index (χ3n) is 2.46. The number of nitroso groups, excluding NO2 is 1. The van der Waals surface area contributed by atoms with E-state index in [0.29, 0.717) is 12.1 Å². The third kappa shape index (κ3) is 2.25. The fraction of sp³-hybridized carbons (Fsp3) is 0.0769. The molecule has 16 heavy (non-hydrogen) atoms. The average molecular weight is 212 g/mol. The van der Waals surface area contributed by atoms with Crippen molar-refractivity contribution in [2.75, 3.05) is 5.73 Å². The molecule has 3 heteroatoms. The number of rotatable bonds is 3. The fourth-order valence-corrected chi connectivity index (χ4v) is 1.60. The summed E-state index contributed by atoms with van der Waals surface area (Å²) in [4.78, 5) is 10.6. The Bertz CT molecular complexity index is 492. The van der Waals surface area contributed by atoms with Crippen molar-refractivity contribution in [3.8, 4) is 0 Å². The highest BCUT2D eigenvalue weighted by atomic mass is 16.3. The molecule has 0 unspecified atom stereocenters. The van der Waals surface area contributed by atoms with Gasteiger partial charge in [-0.15, -0.1) is 4.91 Å². The van der Waals surface area contributed by atoms with Crippen LogP contribution in [0.2, 0.25) is 0 Å². The minimum Gasteiger partial charge on any atom is -0.399 e. The monoisotopic (exact) mass is 212 g/mol. The first-order valence-electron chi connectivity index (χ1n) is 5.05. The van der Waals surface area contributed by atoms with Crippen molar-refractivity contribution in [3.63, 3.8) is 0 Å². The van der Waals surface area contributed by atoms with Crippen LogP contribution in [0.3, 0.4) is 0 Å². The molecule has 0 heterocycles. The second-order valence-corrected chi connectivity index (χ2v) is 3.64. The molecule has 2 aromatic carbocycles. The van der Waals surface area contributed by atoms with E-state index >= 15 is 0 Å². The minimum atomic E-state index is 0.499. The zero-order valence-corrected chi connectivity index (χ0v) is 8.76. The maximum Gasteiger partial charge on any atom is 0.111 e. The predicted molar refractivity (Wildman–Crippen MR) is 65.6 cm³/mol. The Morgan fingerprint density at radius 1 is 1.00 bits per heavy atom. The summed E-state index contributed by atoms with van der Waals surface area (Å²) in [5.41, 5.74) is 8.90. The second kappa shape index (κ2) is 4.57. The first-order chi connectivity index (χ1) is 7.79. The van der Waals surface area contributed by atoms with Gasteiger partial charge < -0.3 is 5.73 Å². The zero-order valence-electron chi connectivity index (χ0n) is 8.76. The molecule has 0 spiro atoms. The molecule has 0 saturated heterocycles. The highest BCUT2D eigenvalue weighted by molar-refractivity contribution is 5.48. The van der Waals surface area contributed by atoms with Gasteiger partial charge >= 0.3 is 0 Å². The van der Waals surface area contributed by atoms with E-state index in [2.05, 4.69) is 5.18 Å². The van der Waals surface area contributed by atoms with Gasteiger partial charge in [-0.1, -0.05) is 30.3 Å². The van der Waals surface area contributed by atoms with Crippen LogP contribution in [-0.4, -0.2) is 0 Å². The molecule has 0 aliphatic rings. The van der Waals surface area contributed by atoms with Crippen LogP contribution in [0.5, 0.6) is 0 Å². The van der Waals surface area contributed by atoms with Crippen LogP contribution in [0, 0.1) is 4.91 Å². The Morgan fingerprint density at radius 2 is 1.69 bits per heavy atom. The van der Waals surface area contributed by atoms with Crippen LogP contribution >= 0.6 is 0 Å². The molecule has 80 valence electrons. The van der Waals surface area contributed by atoms with Crippen molar-refractivity contribution < 1.29 is 0 Å². The van der Waals surface area contributed by atoms with Gasteiger partial charge in [0.1, 0.15) is 5.69 Å². The Hall–Kier alpha value is -2.16. The molecule has 0 saturated carbocycles. The van der Waals surface area contributed by atoms with E-state index < -0.39 is 0 Å². The first-order valence-corrected chi connectivity index (χ1v) is 5.05. The Balaban J connectivity index is 2.26. The standard InChI is InChI=1S/C13H12N2O/c14-12-7-5-10(6-8-12)9-11-3-1-2-4-13(11)15-16/h1-8H,9,14H2. The summed E-state index contributed by atoms with van der Waals surface area (Å²) in [7, 11) is 0. The normalized spacial score (nSPS) is 10.0. The average Bonchev–Trinajstić information content (AvgIpc) is 2.33. The molecule has 0 aromatic heterocycles. The molecular formula is C13H12N2O. The van der Waals surface area contributed by atoms with E-state index in [4.69, 9.17) is 5.73 Å². The molecule has 2 rings (SSSR count). The highest BCUT2D eigenvalue weighted by Crippen LogP contribution is 2.21. The van der Waals surface area contributed by atoms with Crippen molar-refractivity contribution in [1.29, 1.82) is 0 Å². The number of nitrogens with two attached hydrogens (primary N) is 1. The number of benzene rings is 2. The molecule has 0 aliphatic heterocycles. The van der Waals surface area contributed by atoms with Crippen molar-refractivity contribution in [2.45, 2.75) is 6.42 Å². The number of nitrogens with zero attached hydrogens (tertiary/aromatic N) is 1. The zero-order chi connectivity index (χ0) is 11.4. The van der Waals surface area contributed by atoms with Gasteiger partial charge in [-0.25, -0.2) is 0 Å². The Morgan fingerprint density at radius 3 is 2.38 bits per heavy atom. The summed E-state index contributed by atoms with van der Waals surface area (Å²) in [6.07, 6.45) is 0.697. The summed E-state index contributed by atoms with van der Waals surface area (Å²) in [5, 5.41) is 3.01. The van der Waals surface area contributed by atoms with Crippen molar-refractivity contribution in [1.82, 2.24) is 0 Å². The van der Waals surface area contributed by atoms with E-state index in [9.17, 15) is 4.91 Å². The topological polar surface area (TPSA) is 55.4 Å². The van der Waals surface area contributed by atoms with Crippen LogP contribution in [0.4, 0.5) is 11.4 Å². The largest absolute Gasteiger partial charge is 0.399 e. The maximum absolute atomic E-state index is 10.6. The lowest BCUT2D eigenvalue weighted by Crippen LogP contribution is -1.90. The van der Waals surface area contributed by atoms with Crippen molar-refractivity contribution >= 4 is 11.4 Å². The van der Waals surface area contributed by atoms with Crippen molar-refractivity contribution in [3.05, 3.63) is 64.6 Å². The lowest BCUT2D eigenvalue weighted by molar-refractivity contribution is 1.18. The van der Waals surface area contributed by atoms with E-state index in [1.807, 2.05) is 42.5 Å². The quantitative estimate of drug-likeness (QED) is 0.627. The lowest BCUT2D eigenvalue weighted by atomic mass is 10.0. The molecule has 0 fully saturated rings. The van der Waals surface area contributed by atoms with E-state index in [1.54, 1.807) is 6.07 Å². The summed E-state index contributed by atoms with van der Waals surface area (Å²) < 4.78 is 0. The highest BCUT2D eigenvalue weighted by Gasteiger charge is 2.02. The molecule has 0 radical (unpaired) electrons. The molecule has 2 aromatic rings. The summed E-state index contributed by atoms with van der Waals surface area (Å²) in [6.45, 7) is 0. The number of hydrogen-bond donors (Lipinski definition) is 1. The smallest absolute Gasteiger partial charge is 0.111 e.